The lowest BCUT2D eigenvalue weighted by molar-refractivity contribution is 0.399. The molecule has 0 aliphatic carbocycles. The molecule has 0 spiro atoms. The number of rotatable bonds is 18. The minimum absolute atomic E-state index is 0.132. The van der Waals surface area contributed by atoms with Crippen molar-refractivity contribution in [2.24, 2.45) is 0 Å². The highest BCUT2D eigenvalue weighted by molar-refractivity contribution is 5.53. The molecule has 0 saturated carbocycles. The third-order valence-electron chi connectivity index (χ3n) is 15.6. The van der Waals surface area contributed by atoms with E-state index in [1.54, 1.807) is 0 Å². The third-order valence-corrected chi connectivity index (χ3v) is 15.6. The summed E-state index contributed by atoms with van der Waals surface area (Å²) < 4.78 is 3.46. The van der Waals surface area contributed by atoms with Crippen molar-refractivity contribution in [2.75, 3.05) is 0 Å². The van der Waals surface area contributed by atoms with Crippen LogP contribution in [0.3, 0.4) is 0 Å². The lowest BCUT2D eigenvalue weighted by atomic mass is 9.75. The maximum Gasteiger partial charge on any atom is 0.336 e. The largest absolute Gasteiger partial charge is 0.507 e. The number of aromatic hydroxyl groups is 3. The van der Waals surface area contributed by atoms with E-state index in [0.29, 0.717) is 16.7 Å². The van der Waals surface area contributed by atoms with Gasteiger partial charge < -0.3 is 15.3 Å². The fraction of sp³-hybridized carbons (Fsp3) is 0.611. The topological polar surface area (TPSA) is 127 Å². The Morgan fingerprint density at radius 3 is 0.603 bits per heavy atom. The number of nitrogens with zero attached hydrogens (tertiary/aromatic N) is 3. The molecule has 4 aromatic rings. The fourth-order valence-corrected chi connectivity index (χ4v) is 8.23. The van der Waals surface area contributed by atoms with E-state index >= 15 is 0 Å². The molecule has 0 radical (unpaired) electrons. The Balaban J connectivity index is 2.17. The summed E-state index contributed by atoms with van der Waals surface area (Å²) in [5, 5.41) is 35.4. The first-order valence-electron chi connectivity index (χ1n) is 23.5. The summed E-state index contributed by atoms with van der Waals surface area (Å²) in [4.78, 5) is 45.0. The van der Waals surface area contributed by atoms with Gasteiger partial charge in [-0.2, -0.15) is 0 Å². The van der Waals surface area contributed by atoms with Gasteiger partial charge in [0.15, 0.2) is 0 Å². The summed E-state index contributed by atoms with van der Waals surface area (Å²) in [6, 6.07) is 11.4. The van der Waals surface area contributed by atoms with E-state index in [-0.39, 0.29) is 36.9 Å². The molecule has 3 aromatic carbocycles. The van der Waals surface area contributed by atoms with Crippen LogP contribution in [0.4, 0.5) is 0 Å². The molecule has 0 atom stereocenters. The van der Waals surface area contributed by atoms with E-state index in [2.05, 4.69) is 125 Å². The standard InChI is InChI=1S/C54H81N3O6/c1-19-49(7,8)37-25-34(26-38(43(37)58)50(9,10)20-2)31-55-46(61)56(32-35-27-39(51(11,12)21-3)44(59)40(28-35)52(13,14)22-4)48(63)57(47(55)62)33-36-29-41(53(15,16)23-5)45(60)42(30-36)54(17,18)24-6/h25-30,58-60H,19-24,31-33H2,1-18H3. The Labute approximate surface area is 378 Å². The number of phenols is 3. The van der Waals surface area contributed by atoms with Gasteiger partial charge in [0.25, 0.3) is 0 Å². The molecule has 0 saturated heterocycles. The third kappa shape index (κ3) is 9.93. The summed E-state index contributed by atoms with van der Waals surface area (Å²) in [7, 11) is 0. The zero-order chi connectivity index (χ0) is 48.0. The fourth-order valence-electron chi connectivity index (χ4n) is 8.23. The molecule has 0 fully saturated rings. The summed E-state index contributed by atoms with van der Waals surface area (Å²) in [6.07, 6.45) is 4.47. The Morgan fingerprint density at radius 1 is 0.333 bits per heavy atom. The number of hydrogen-bond donors (Lipinski definition) is 3. The average molecular weight is 868 g/mol. The van der Waals surface area contributed by atoms with E-state index < -0.39 is 49.6 Å². The van der Waals surface area contributed by atoms with Crippen LogP contribution in [-0.2, 0) is 52.1 Å². The van der Waals surface area contributed by atoms with Crippen LogP contribution in [0, 0.1) is 0 Å². The summed E-state index contributed by atoms with van der Waals surface area (Å²) in [6.45, 7) is 37.0. The van der Waals surface area contributed by atoms with Crippen molar-refractivity contribution in [1.82, 2.24) is 13.7 Å². The van der Waals surface area contributed by atoms with Gasteiger partial charge in [0.05, 0.1) is 19.6 Å². The lowest BCUT2D eigenvalue weighted by Gasteiger charge is -2.32. The van der Waals surface area contributed by atoms with Gasteiger partial charge in [-0.15, -0.1) is 0 Å². The van der Waals surface area contributed by atoms with Crippen LogP contribution >= 0.6 is 0 Å². The van der Waals surface area contributed by atoms with E-state index in [4.69, 9.17) is 0 Å². The van der Waals surface area contributed by atoms with Gasteiger partial charge in [0, 0.05) is 33.4 Å². The molecule has 9 nitrogen and oxygen atoms in total. The predicted octanol–water partition coefficient (Wildman–Crippen LogP) is 11.6. The maximum atomic E-state index is 15.0. The second-order valence-electron chi connectivity index (χ2n) is 22.1. The maximum absolute atomic E-state index is 15.0. The van der Waals surface area contributed by atoms with Crippen molar-refractivity contribution >= 4 is 0 Å². The number of hydrogen-bond acceptors (Lipinski definition) is 6. The van der Waals surface area contributed by atoms with Crippen LogP contribution in [0.1, 0.15) is 213 Å². The van der Waals surface area contributed by atoms with E-state index in [0.717, 1.165) is 85.6 Å². The molecule has 0 aliphatic rings. The molecular formula is C54H81N3O6. The zero-order valence-electron chi connectivity index (χ0n) is 42.2. The van der Waals surface area contributed by atoms with E-state index in [1.165, 1.54) is 0 Å². The van der Waals surface area contributed by atoms with Crippen molar-refractivity contribution in [2.45, 2.75) is 215 Å². The summed E-state index contributed by atoms with van der Waals surface area (Å²) >= 11 is 0. The Morgan fingerprint density at radius 2 is 0.476 bits per heavy atom. The minimum atomic E-state index is -0.742. The first kappa shape index (κ1) is 51.1. The van der Waals surface area contributed by atoms with Gasteiger partial charge in [0.2, 0.25) is 0 Å². The first-order valence-corrected chi connectivity index (χ1v) is 23.5. The number of phenolic OH excluding ortho intramolecular Hbond substituents is 3. The molecule has 0 aliphatic heterocycles. The Kier molecular flexibility index (Phi) is 14.7. The van der Waals surface area contributed by atoms with Crippen molar-refractivity contribution in [3.05, 3.63) is 118 Å². The molecule has 3 N–H and O–H groups in total. The molecule has 9 heteroatoms. The van der Waals surface area contributed by atoms with Crippen molar-refractivity contribution < 1.29 is 15.3 Å². The molecule has 0 amide bonds. The number of benzene rings is 3. The summed E-state index contributed by atoms with van der Waals surface area (Å²) in [5.41, 5.74) is 1.73. The Bertz CT molecular complexity index is 2090. The zero-order valence-corrected chi connectivity index (χ0v) is 42.2. The normalized spacial score (nSPS) is 13.2. The van der Waals surface area contributed by atoms with E-state index in [1.807, 2.05) is 36.4 Å². The average Bonchev–Trinajstić information content (AvgIpc) is 3.23. The number of aromatic nitrogens is 3. The van der Waals surface area contributed by atoms with Gasteiger partial charge in [0.1, 0.15) is 17.2 Å². The van der Waals surface area contributed by atoms with Crippen LogP contribution in [0.2, 0.25) is 0 Å². The minimum Gasteiger partial charge on any atom is -0.507 e. The smallest absolute Gasteiger partial charge is 0.336 e. The van der Waals surface area contributed by atoms with Gasteiger partial charge in [-0.3, -0.25) is 0 Å². The quantitative estimate of drug-likeness (QED) is 0.0914. The SMILES string of the molecule is CCC(C)(C)c1cc(Cn2c(=O)n(Cc3cc(C(C)(C)CC)c(O)c(C(C)(C)CC)c3)c(=O)n(Cc3cc(C(C)(C)CC)c(O)c(C(C)(C)CC)c3)c2=O)cc(C(C)(C)CC)c1O. The molecule has 4 rings (SSSR count). The van der Waals surface area contributed by atoms with Gasteiger partial charge in [-0.05, 0) is 124 Å². The molecule has 348 valence electrons. The predicted molar refractivity (Wildman–Crippen MR) is 261 cm³/mol. The highest BCUT2D eigenvalue weighted by Crippen LogP contribution is 2.45. The molecule has 1 aromatic heterocycles. The monoisotopic (exact) mass is 868 g/mol. The van der Waals surface area contributed by atoms with Crippen LogP contribution in [0.25, 0.3) is 0 Å². The van der Waals surface area contributed by atoms with Gasteiger partial charge >= 0.3 is 17.1 Å². The van der Waals surface area contributed by atoms with Gasteiger partial charge in [-0.25, -0.2) is 28.1 Å². The molecular weight excluding hydrogens is 787 g/mol. The molecule has 0 bridgehead atoms. The second-order valence-corrected chi connectivity index (χ2v) is 22.1. The van der Waals surface area contributed by atoms with Gasteiger partial charge in [-0.1, -0.05) is 125 Å². The van der Waals surface area contributed by atoms with Crippen molar-refractivity contribution in [3.63, 3.8) is 0 Å². The van der Waals surface area contributed by atoms with Crippen molar-refractivity contribution in [3.8, 4) is 17.2 Å². The highest BCUT2D eigenvalue weighted by Gasteiger charge is 2.34. The van der Waals surface area contributed by atoms with Crippen LogP contribution in [-0.4, -0.2) is 29.0 Å². The highest BCUT2D eigenvalue weighted by atomic mass is 16.3. The second kappa shape index (κ2) is 18.2. The van der Waals surface area contributed by atoms with Crippen LogP contribution in [0.5, 0.6) is 17.2 Å². The van der Waals surface area contributed by atoms with Crippen molar-refractivity contribution in [1.29, 1.82) is 0 Å². The van der Waals surface area contributed by atoms with Crippen LogP contribution < -0.4 is 17.1 Å². The first-order chi connectivity index (χ1) is 28.9. The Hall–Kier alpha value is -4.53. The lowest BCUT2D eigenvalue weighted by Crippen LogP contribution is -2.55. The summed E-state index contributed by atoms with van der Waals surface area (Å²) in [5.74, 6) is 0.667. The van der Waals surface area contributed by atoms with E-state index in [9.17, 15) is 29.7 Å². The molecule has 0 unspecified atom stereocenters. The van der Waals surface area contributed by atoms with Crippen LogP contribution in [0.15, 0.2) is 50.8 Å². The molecule has 63 heavy (non-hydrogen) atoms. The molecule has 1 heterocycles.